The zero-order valence-electron chi connectivity index (χ0n) is 22.8. The molecular formula is C29H35N7O3. The first kappa shape index (κ1) is 26.8. The fourth-order valence-electron chi connectivity index (χ4n) is 5.48. The van der Waals surface area contributed by atoms with Gasteiger partial charge in [0.15, 0.2) is 5.82 Å². The number of ether oxygens (including phenoxy) is 2. The Morgan fingerprint density at radius 1 is 1.13 bits per heavy atom. The number of carbonyl (C=O) groups excluding carboxylic acids is 1. The predicted molar refractivity (Wildman–Crippen MR) is 146 cm³/mol. The van der Waals surface area contributed by atoms with Crippen molar-refractivity contribution in [3.05, 3.63) is 59.8 Å². The standard InChI is InChI=1S/C29H35N7O3/c1-20(2)39-24-5-7-27(32-17-24)36-21(3)25(18-33-36)28(37)34-22-4-6-26(31-16-22)29(19-30)10-8-23(9-11-29)35-12-14-38-15-13-35/h4-7,16-18,20,23H,8-15H2,1-3H3,(H,34,37)/t23-,29-. The molecule has 10 nitrogen and oxygen atoms in total. The summed E-state index contributed by atoms with van der Waals surface area (Å²) in [5.74, 6) is 0.990. The average Bonchev–Trinajstić information content (AvgIpc) is 3.35. The summed E-state index contributed by atoms with van der Waals surface area (Å²) in [6.45, 7) is 9.24. The van der Waals surface area contributed by atoms with Gasteiger partial charge < -0.3 is 14.8 Å². The van der Waals surface area contributed by atoms with Crippen LogP contribution in [0.4, 0.5) is 5.69 Å². The molecule has 1 N–H and O–H groups in total. The fourth-order valence-corrected chi connectivity index (χ4v) is 5.48. The van der Waals surface area contributed by atoms with E-state index in [-0.39, 0.29) is 12.0 Å². The highest BCUT2D eigenvalue weighted by Gasteiger charge is 2.40. The van der Waals surface area contributed by atoms with Crippen molar-refractivity contribution in [1.82, 2.24) is 24.6 Å². The number of amides is 1. The molecule has 1 saturated heterocycles. The molecule has 0 spiro atoms. The van der Waals surface area contributed by atoms with Gasteiger partial charge in [-0.3, -0.25) is 14.7 Å². The van der Waals surface area contributed by atoms with E-state index in [9.17, 15) is 10.1 Å². The molecule has 1 aliphatic heterocycles. The number of anilines is 1. The minimum Gasteiger partial charge on any atom is -0.489 e. The van der Waals surface area contributed by atoms with Crippen molar-refractivity contribution in [2.24, 2.45) is 0 Å². The number of rotatable bonds is 7. The first-order chi connectivity index (χ1) is 18.9. The highest BCUT2D eigenvalue weighted by Crippen LogP contribution is 2.40. The van der Waals surface area contributed by atoms with Crippen molar-refractivity contribution in [2.45, 2.75) is 64.0 Å². The molecule has 0 unspecified atom stereocenters. The monoisotopic (exact) mass is 529 g/mol. The van der Waals surface area contributed by atoms with Gasteiger partial charge >= 0.3 is 0 Å². The number of nitrogens with one attached hydrogen (secondary N) is 1. The maximum Gasteiger partial charge on any atom is 0.259 e. The van der Waals surface area contributed by atoms with Gasteiger partial charge in [0.05, 0.1) is 72.0 Å². The summed E-state index contributed by atoms with van der Waals surface area (Å²) < 4.78 is 12.8. The Kier molecular flexibility index (Phi) is 7.91. The third kappa shape index (κ3) is 5.79. The Hall–Kier alpha value is -3.81. The Balaban J connectivity index is 1.23. The van der Waals surface area contributed by atoms with Crippen LogP contribution in [-0.4, -0.2) is 69.0 Å². The van der Waals surface area contributed by atoms with E-state index in [1.165, 1.54) is 6.20 Å². The summed E-state index contributed by atoms with van der Waals surface area (Å²) in [7, 11) is 0. The number of pyridine rings is 2. The van der Waals surface area contributed by atoms with Crippen molar-refractivity contribution in [3.63, 3.8) is 0 Å². The zero-order chi connectivity index (χ0) is 27.4. The molecule has 10 heteroatoms. The van der Waals surface area contributed by atoms with Gasteiger partial charge in [0, 0.05) is 19.1 Å². The van der Waals surface area contributed by atoms with Crippen LogP contribution in [0.2, 0.25) is 0 Å². The molecule has 1 saturated carbocycles. The summed E-state index contributed by atoms with van der Waals surface area (Å²) in [6.07, 6.45) is 8.37. The van der Waals surface area contributed by atoms with Crippen molar-refractivity contribution >= 4 is 11.6 Å². The molecule has 0 aromatic carbocycles. The van der Waals surface area contributed by atoms with Crippen LogP contribution < -0.4 is 10.1 Å². The minimum absolute atomic E-state index is 0.0590. The van der Waals surface area contributed by atoms with E-state index in [0.717, 1.165) is 57.7 Å². The van der Waals surface area contributed by atoms with E-state index in [4.69, 9.17) is 9.47 Å². The quantitative estimate of drug-likeness (QED) is 0.487. The number of hydrogen-bond donors (Lipinski definition) is 1. The van der Waals surface area contributed by atoms with E-state index in [1.807, 2.05) is 45.0 Å². The number of carbonyl (C=O) groups is 1. The molecule has 39 heavy (non-hydrogen) atoms. The highest BCUT2D eigenvalue weighted by molar-refractivity contribution is 6.04. The molecule has 1 aliphatic carbocycles. The molecule has 2 aliphatic rings. The summed E-state index contributed by atoms with van der Waals surface area (Å²) >= 11 is 0. The third-order valence-corrected chi connectivity index (χ3v) is 7.66. The van der Waals surface area contributed by atoms with Crippen LogP contribution in [0.15, 0.2) is 42.9 Å². The van der Waals surface area contributed by atoms with Crippen molar-refractivity contribution in [1.29, 1.82) is 5.26 Å². The van der Waals surface area contributed by atoms with Gasteiger partial charge in [-0.25, -0.2) is 9.67 Å². The van der Waals surface area contributed by atoms with E-state index >= 15 is 0 Å². The first-order valence-electron chi connectivity index (χ1n) is 13.6. The molecule has 0 atom stereocenters. The second kappa shape index (κ2) is 11.5. The second-order valence-corrected chi connectivity index (χ2v) is 10.5. The van der Waals surface area contributed by atoms with Gasteiger partial charge in [-0.05, 0) is 70.7 Å². The molecule has 0 radical (unpaired) electrons. The normalized spacial score (nSPS) is 21.9. The maximum atomic E-state index is 13.0. The Morgan fingerprint density at radius 2 is 1.90 bits per heavy atom. The lowest BCUT2D eigenvalue weighted by atomic mass is 9.71. The Bertz CT molecular complexity index is 1310. The van der Waals surface area contributed by atoms with Crippen LogP contribution in [0.25, 0.3) is 5.82 Å². The molecular weight excluding hydrogens is 494 g/mol. The van der Waals surface area contributed by atoms with Crippen LogP contribution >= 0.6 is 0 Å². The van der Waals surface area contributed by atoms with Crippen LogP contribution in [0, 0.1) is 18.3 Å². The van der Waals surface area contributed by atoms with Crippen LogP contribution in [0.1, 0.15) is 61.3 Å². The van der Waals surface area contributed by atoms with Crippen LogP contribution in [0.5, 0.6) is 5.75 Å². The van der Waals surface area contributed by atoms with Crippen molar-refractivity contribution in [2.75, 3.05) is 31.6 Å². The average molecular weight is 530 g/mol. The SMILES string of the molecule is Cc1c(C(=O)Nc2ccc([C@]3(C#N)CC[C@@H](N4CCOCC4)CC3)nc2)cnn1-c1ccc(OC(C)C)cn1. The maximum absolute atomic E-state index is 13.0. The molecule has 5 rings (SSSR count). The van der Waals surface area contributed by atoms with E-state index < -0.39 is 5.41 Å². The third-order valence-electron chi connectivity index (χ3n) is 7.66. The van der Waals surface area contributed by atoms with Gasteiger partial charge in [-0.15, -0.1) is 0 Å². The number of morpholine rings is 1. The van der Waals surface area contributed by atoms with Crippen LogP contribution in [0.3, 0.4) is 0 Å². The van der Waals surface area contributed by atoms with E-state index in [2.05, 4.69) is 31.4 Å². The molecule has 3 aromatic heterocycles. The lowest BCUT2D eigenvalue weighted by molar-refractivity contribution is 0.00493. The predicted octanol–water partition coefficient (Wildman–Crippen LogP) is 4.05. The Labute approximate surface area is 229 Å². The van der Waals surface area contributed by atoms with Gasteiger partial charge in [0.1, 0.15) is 5.75 Å². The summed E-state index contributed by atoms with van der Waals surface area (Å²) in [5, 5.41) is 17.4. The van der Waals surface area contributed by atoms with Gasteiger partial charge in [-0.1, -0.05) is 0 Å². The number of nitriles is 1. The second-order valence-electron chi connectivity index (χ2n) is 10.5. The van der Waals surface area contributed by atoms with Gasteiger partial charge in [0.25, 0.3) is 5.91 Å². The lowest BCUT2D eigenvalue weighted by Gasteiger charge is -2.41. The molecule has 4 heterocycles. The largest absolute Gasteiger partial charge is 0.489 e. The van der Waals surface area contributed by atoms with Crippen molar-refractivity contribution < 1.29 is 14.3 Å². The van der Waals surface area contributed by atoms with Crippen molar-refractivity contribution in [3.8, 4) is 17.6 Å². The lowest BCUT2D eigenvalue weighted by Crippen LogP contribution is -2.47. The van der Waals surface area contributed by atoms with Crippen LogP contribution in [-0.2, 0) is 10.2 Å². The number of aromatic nitrogens is 4. The summed E-state index contributed by atoms with van der Waals surface area (Å²) in [4.78, 5) is 24.6. The van der Waals surface area contributed by atoms with E-state index in [0.29, 0.717) is 34.6 Å². The Morgan fingerprint density at radius 3 is 2.51 bits per heavy atom. The molecule has 3 aromatic rings. The topological polar surface area (TPSA) is 118 Å². The summed E-state index contributed by atoms with van der Waals surface area (Å²) in [5.41, 5.74) is 1.86. The molecule has 2 fully saturated rings. The molecule has 0 bridgehead atoms. The number of nitrogens with zero attached hydrogens (tertiary/aromatic N) is 6. The fraction of sp³-hybridized carbons (Fsp3) is 0.483. The van der Waals surface area contributed by atoms with Gasteiger partial charge in [-0.2, -0.15) is 10.4 Å². The summed E-state index contributed by atoms with van der Waals surface area (Å²) in [6, 6.07) is 10.4. The van der Waals surface area contributed by atoms with Gasteiger partial charge in [0.2, 0.25) is 0 Å². The first-order valence-corrected chi connectivity index (χ1v) is 13.6. The number of hydrogen-bond acceptors (Lipinski definition) is 8. The zero-order valence-corrected chi connectivity index (χ0v) is 22.8. The highest BCUT2D eigenvalue weighted by atomic mass is 16.5. The minimum atomic E-state index is -0.591. The van der Waals surface area contributed by atoms with E-state index in [1.54, 1.807) is 17.1 Å². The smallest absolute Gasteiger partial charge is 0.259 e. The molecule has 1 amide bonds. The molecule has 204 valence electrons.